The second-order valence-electron chi connectivity index (χ2n) is 6.35. The minimum atomic E-state index is 0. The van der Waals surface area contributed by atoms with E-state index >= 15 is 0 Å². The maximum Gasteiger partial charge on any atom is 0.193 e. The van der Waals surface area contributed by atoms with Crippen molar-refractivity contribution in [2.24, 2.45) is 16.1 Å². The topological polar surface area (TPSA) is 59.6 Å². The van der Waals surface area contributed by atoms with E-state index in [9.17, 15) is 0 Å². The van der Waals surface area contributed by atoms with Crippen LogP contribution in [0.1, 0.15) is 44.1 Å². The number of hydrogen-bond donors (Lipinski definition) is 2. The zero-order valence-corrected chi connectivity index (χ0v) is 15.5. The van der Waals surface area contributed by atoms with E-state index in [-0.39, 0.29) is 24.0 Å². The van der Waals surface area contributed by atoms with Crippen molar-refractivity contribution in [3.05, 3.63) is 29.8 Å². The van der Waals surface area contributed by atoms with Gasteiger partial charge in [0.05, 0.1) is 12.6 Å². The summed E-state index contributed by atoms with van der Waals surface area (Å²) >= 11 is 0. The number of nitrogens with zero attached hydrogens (tertiary/aromatic N) is 1. The van der Waals surface area contributed by atoms with Crippen LogP contribution < -0.4 is 11.1 Å². The summed E-state index contributed by atoms with van der Waals surface area (Å²) in [5, 5.41) is 3.25. The molecular formula is C17H26IN3O. The molecule has 3 rings (SSSR count). The molecular weight excluding hydrogens is 389 g/mol. The standard InChI is InChI=1S/C17H25N3O.HI/c1-21-12-13-6-2-3-7-14(13)19-16(18)20-15-8-11-17(15)9-4-5-10-17;/h2-3,6-7,15H,4-5,8-12H2,1H3,(H3,18,19,20);1H. The second-order valence-corrected chi connectivity index (χ2v) is 6.35. The van der Waals surface area contributed by atoms with E-state index in [1.807, 2.05) is 24.3 Å². The van der Waals surface area contributed by atoms with Gasteiger partial charge in [-0.2, -0.15) is 0 Å². The van der Waals surface area contributed by atoms with Crippen LogP contribution in [0.25, 0.3) is 0 Å². The largest absolute Gasteiger partial charge is 0.380 e. The van der Waals surface area contributed by atoms with Gasteiger partial charge in [0.15, 0.2) is 5.96 Å². The molecule has 0 amide bonds. The summed E-state index contributed by atoms with van der Waals surface area (Å²) in [6, 6.07) is 8.48. The van der Waals surface area contributed by atoms with E-state index in [2.05, 4.69) is 5.32 Å². The Bertz CT molecular complexity index is 526. The Kier molecular flexibility index (Phi) is 6.09. The zero-order chi connectivity index (χ0) is 14.7. The first kappa shape index (κ1) is 17.5. The van der Waals surface area contributed by atoms with Gasteiger partial charge in [-0.3, -0.25) is 0 Å². The highest BCUT2D eigenvalue weighted by atomic mass is 127. The minimum Gasteiger partial charge on any atom is -0.380 e. The molecule has 0 aliphatic heterocycles. The number of benzene rings is 1. The molecule has 0 aromatic heterocycles. The van der Waals surface area contributed by atoms with Gasteiger partial charge in [0.25, 0.3) is 0 Å². The highest BCUT2D eigenvalue weighted by Gasteiger charge is 2.48. The molecule has 0 bridgehead atoms. The average Bonchev–Trinajstić information content (AvgIpc) is 2.98. The highest BCUT2D eigenvalue weighted by Crippen LogP contribution is 2.54. The Morgan fingerprint density at radius 1 is 1.32 bits per heavy atom. The minimum absolute atomic E-state index is 0. The van der Waals surface area contributed by atoms with Gasteiger partial charge in [0, 0.05) is 18.4 Å². The quantitative estimate of drug-likeness (QED) is 0.446. The molecule has 1 aromatic carbocycles. The second kappa shape index (κ2) is 7.64. The normalized spacial score (nSPS) is 23.0. The van der Waals surface area contributed by atoms with Crippen LogP contribution in [0.3, 0.4) is 0 Å². The smallest absolute Gasteiger partial charge is 0.193 e. The van der Waals surface area contributed by atoms with Crippen molar-refractivity contribution in [1.29, 1.82) is 0 Å². The Morgan fingerprint density at radius 2 is 2.05 bits per heavy atom. The van der Waals surface area contributed by atoms with Crippen LogP contribution in [0, 0.1) is 5.41 Å². The van der Waals surface area contributed by atoms with Gasteiger partial charge < -0.3 is 15.8 Å². The maximum atomic E-state index is 6.13. The first-order valence-corrected chi connectivity index (χ1v) is 7.91. The summed E-state index contributed by atoms with van der Waals surface area (Å²) < 4.78 is 5.22. The molecule has 0 saturated heterocycles. The molecule has 5 heteroatoms. The summed E-state index contributed by atoms with van der Waals surface area (Å²) in [7, 11) is 1.70. The van der Waals surface area contributed by atoms with Crippen molar-refractivity contribution in [2.75, 3.05) is 12.4 Å². The molecule has 22 heavy (non-hydrogen) atoms. The number of para-hydroxylation sites is 1. The predicted molar refractivity (Wildman–Crippen MR) is 102 cm³/mol. The zero-order valence-electron chi connectivity index (χ0n) is 13.2. The Labute approximate surface area is 149 Å². The van der Waals surface area contributed by atoms with Crippen LogP contribution in [0.4, 0.5) is 5.69 Å². The van der Waals surface area contributed by atoms with E-state index in [0.717, 1.165) is 11.3 Å². The lowest BCUT2D eigenvalue weighted by Crippen LogP contribution is -2.43. The molecule has 2 aliphatic rings. The lowest BCUT2D eigenvalue weighted by atomic mass is 9.63. The third kappa shape index (κ3) is 3.56. The number of anilines is 1. The van der Waals surface area contributed by atoms with Gasteiger partial charge in [0.1, 0.15) is 0 Å². The Morgan fingerprint density at radius 3 is 2.68 bits per heavy atom. The SMILES string of the molecule is COCc1ccccc1NC(N)=NC1CCC12CCCC2.I. The predicted octanol–water partition coefficient (Wildman–Crippen LogP) is 3.90. The third-order valence-electron chi connectivity index (χ3n) is 5.10. The highest BCUT2D eigenvalue weighted by molar-refractivity contribution is 14.0. The number of nitrogens with two attached hydrogens (primary N) is 1. The number of ether oxygens (including phenoxy) is 1. The van der Waals surface area contributed by atoms with Crippen LogP contribution in [-0.4, -0.2) is 19.1 Å². The number of halogens is 1. The molecule has 1 atom stereocenters. The fraction of sp³-hybridized carbons (Fsp3) is 0.588. The van der Waals surface area contributed by atoms with Crippen LogP contribution in [-0.2, 0) is 11.3 Å². The van der Waals surface area contributed by atoms with Crippen molar-refractivity contribution in [3.63, 3.8) is 0 Å². The van der Waals surface area contributed by atoms with Gasteiger partial charge in [-0.15, -0.1) is 24.0 Å². The van der Waals surface area contributed by atoms with Gasteiger partial charge in [-0.05, 0) is 37.2 Å². The molecule has 1 aromatic rings. The average molecular weight is 415 g/mol. The Hall–Kier alpha value is -0.820. The molecule has 2 aliphatic carbocycles. The van der Waals surface area contributed by atoms with Crippen molar-refractivity contribution < 1.29 is 4.74 Å². The fourth-order valence-corrected chi connectivity index (χ4v) is 3.81. The first-order chi connectivity index (χ1) is 10.2. The summed E-state index contributed by atoms with van der Waals surface area (Å²) in [5.41, 5.74) is 8.69. The fourth-order valence-electron chi connectivity index (χ4n) is 3.81. The first-order valence-electron chi connectivity index (χ1n) is 7.91. The van der Waals surface area contributed by atoms with Crippen LogP contribution in [0.5, 0.6) is 0 Å². The van der Waals surface area contributed by atoms with Crippen LogP contribution in [0.2, 0.25) is 0 Å². The summed E-state index contributed by atoms with van der Waals surface area (Å²) in [6.07, 6.45) is 7.88. The number of aliphatic imine (C=N–C) groups is 1. The van der Waals surface area contributed by atoms with E-state index in [0.29, 0.717) is 24.0 Å². The molecule has 0 heterocycles. The van der Waals surface area contributed by atoms with Gasteiger partial charge in [0.2, 0.25) is 0 Å². The lowest BCUT2D eigenvalue weighted by molar-refractivity contribution is 0.104. The lowest BCUT2D eigenvalue weighted by Gasteiger charge is -2.45. The van der Waals surface area contributed by atoms with Crippen molar-refractivity contribution in [2.45, 2.75) is 51.2 Å². The third-order valence-corrected chi connectivity index (χ3v) is 5.10. The van der Waals surface area contributed by atoms with Gasteiger partial charge in [-0.1, -0.05) is 31.0 Å². The number of methoxy groups -OCH3 is 1. The van der Waals surface area contributed by atoms with E-state index < -0.39 is 0 Å². The van der Waals surface area contributed by atoms with Crippen molar-refractivity contribution in [1.82, 2.24) is 0 Å². The molecule has 1 spiro atoms. The number of nitrogens with one attached hydrogen (secondary N) is 1. The summed E-state index contributed by atoms with van der Waals surface area (Å²) in [4.78, 5) is 4.76. The van der Waals surface area contributed by atoms with E-state index in [1.165, 1.54) is 38.5 Å². The van der Waals surface area contributed by atoms with Gasteiger partial charge >= 0.3 is 0 Å². The van der Waals surface area contributed by atoms with Crippen LogP contribution >= 0.6 is 24.0 Å². The van der Waals surface area contributed by atoms with Crippen molar-refractivity contribution in [3.8, 4) is 0 Å². The Balaban J connectivity index is 0.00000176. The molecule has 3 N–H and O–H groups in total. The van der Waals surface area contributed by atoms with E-state index in [4.69, 9.17) is 15.5 Å². The molecule has 1 unspecified atom stereocenters. The van der Waals surface area contributed by atoms with E-state index in [1.54, 1.807) is 7.11 Å². The van der Waals surface area contributed by atoms with Crippen LogP contribution in [0.15, 0.2) is 29.3 Å². The molecule has 2 saturated carbocycles. The molecule has 4 nitrogen and oxygen atoms in total. The maximum absolute atomic E-state index is 6.13. The summed E-state index contributed by atoms with van der Waals surface area (Å²) in [6.45, 7) is 0.573. The van der Waals surface area contributed by atoms with Crippen molar-refractivity contribution >= 4 is 35.6 Å². The number of guanidine groups is 1. The van der Waals surface area contributed by atoms with Gasteiger partial charge in [-0.25, -0.2) is 4.99 Å². The monoisotopic (exact) mass is 415 g/mol. The molecule has 2 fully saturated rings. The number of hydrogen-bond acceptors (Lipinski definition) is 2. The summed E-state index contributed by atoms with van der Waals surface area (Å²) in [5.74, 6) is 0.537. The molecule has 122 valence electrons. The number of rotatable bonds is 4. The molecule has 0 radical (unpaired) electrons.